The summed E-state index contributed by atoms with van der Waals surface area (Å²) in [6.07, 6.45) is 3.75. The zero-order valence-corrected chi connectivity index (χ0v) is 83.6. The molecular formula is C79H214O21SSi12. The minimum Gasteiger partial charge on any atom is -0.491 e. The van der Waals surface area contributed by atoms with Crippen LogP contribution < -0.4 is 4.74 Å². The van der Waals surface area contributed by atoms with Crippen LogP contribution in [-0.4, -0.2) is 227 Å². The van der Waals surface area contributed by atoms with Crippen molar-refractivity contribution in [2.45, 2.75) is 394 Å². The molecule has 3 N–H and O–H groups in total. The van der Waals surface area contributed by atoms with Crippen molar-refractivity contribution in [2.24, 2.45) is 5.92 Å². The van der Waals surface area contributed by atoms with Crippen molar-refractivity contribution in [1.29, 1.82) is 0 Å². The molecule has 0 radical (unpaired) electrons. The van der Waals surface area contributed by atoms with Crippen LogP contribution in [0.2, 0.25) is 170 Å². The summed E-state index contributed by atoms with van der Waals surface area (Å²) >= 11 is 1.77. The number of aliphatic hydroxyl groups is 3. The molecule has 0 spiro atoms. The number of unbranched alkanes of at least 4 members (excludes halogenated alkanes) is 1. The lowest BCUT2D eigenvalue weighted by molar-refractivity contribution is -0.146. The molecule has 0 aliphatic carbocycles. The highest BCUT2D eigenvalue weighted by Crippen LogP contribution is 2.31. The summed E-state index contributed by atoms with van der Waals surface area (Å²) in [7, 11) is -22.0. The summed E-state index contributed by atoms with van der Waals surface area (Å²) in [6.45, 7) is 77.9. The zero-order chi connectivity index (χ0) is 79.2. The largest absolute Gasteiger partial charge is 0.491 e. The molecule has 0 saturated heterocycles. The van der Waals surface area contributed by atoms with Gasteiger partial charge in [-0.1, -0.05) is 163 Å². The van der Waals surface area contributed by atoms with Crippen LogP contribution >= 0.6 is 11.8 Å². The number of benzene rings is 1. The topological polar surface area (TPSA) is 235 Å². The minimum absolute atomic E-state index is 0. The van der Waals surface area contributed by atoms with Gasteiger partial charge in [-0.05, 0) is 248 Å². The third kappa shape index (κ3) is 109. The van der Waals surface area contributed by atoms with E-state index in [1.54, 1.807) is 46.9 Å². The molecule has 34 heteroatoms. The summed E-state index contributed by atoms with van der Waals surface area (Å²) in [4.78, 5) is 11.0. The average molecular weight is 1870 g/mol. The molecule has 4 atom stereocenters. The van der Waals surface area contributed by atoms with Crippen LogP contribution in [-0.2, 0) is 80.5 Å². The van der Waals surface area contributed by atoms with Crippen LogP contribution in [0.3, 0.4) is 0 Å². The molecule has 0 saturated carbocycles. The van der Waals surface area contributed by atoms with E-state index in [4.69, 9.17) is 84.2 Å². The maximum absolute atomic E-state index is 11.0. The molecule has 1 aromatic carbocycles. The van der Waals surface area contributed by atoms with Gasteiger partial charge in [0, 0.05) is 46.9 Å². The molecular weight excluding hydrogens is 1650 g/mol. The Labute approximate surface area is 729 Å². The number of para-hydroxylation sites is 1. The Morgan fingerprint density at radius 2 is 0.726 bits per heavy atom. The van der Waals surface area contributed by atoms with E-state index in [-0.39, 0.29) is 128 Å². The predicted molar refractivity (Wildman–Crippen MR) is 540 cm³/mol. The van der Waals surface area contributed by atoms with Crippen molar-refractivity contribution < 1.29 is 94.1 Å². The normalized spacial score (nSPS) is 12.3. The van der Waals surface area contributed by atoms with Gasteiger partial charge in [0.1, 0.15) is 12.4 Å². The second-order valence-corrected chi connectivity index (χ2v) is 77.5. The van der Waals surface area contributed by atoms with E-state index in [1.165, 1.54) is 24.4 Å². The molecule has 1 aromatic rings. The molecule has 0 aliphatic rings. The van der Waals surface area contributed by atoms with Crippen molar-refractivity contribution in [1.82, 2.24) is 0 Å². The molecule has 0 aromatic heterocycles. The first kappa shape index (κ1) is 165. The number of carbonyl (C=O) groups is 1. The Morgan fingerprint density at radius 1 is 0.398 bits per heavy atom. The molecule has 0 fully saturated rings. The highest BCUT2D eigenvalue weighted by Gasteiger charge is 2.50. The monoisotopic (exact) mass is 1870 g/mol. The highest BCUT2D eigenvalue weighted by molar-refractivity contribution is 7.99. The van der Waals surface area contributed by atoms with Crippen LogP contribution in [0.5, 0.6) is 5.75 Å². The molecule has 0 amide bonds. The van der Waals surface area contributed by atoms with Crippen LogP contribution in [0.1, 0.15) is 205 Å². The second-order valence-electron chi connectivity index (χ2n) is 30.2. The fourth-order valence-corrected chi connectivity index (χ4v) is 59.2. The zero-order valence-electron chi connectivity index (χ0n) is 70.8. The van der Waals surface area contributed by atoms with Crippen LogP contribution in [0.25, 0.3) is 0 Å². The van der Waals surface area contributed by atoms with E-state index in [0.717, 1.165) is 43.3 Å². The van der Waals surface area contributed by atoms with Gasteiger partial charge in [-0.3, -0.25) is 4.79 Å². The SMILES string of the molecule is C.C.C.C.C.C.C.C.C.C.C.C.C.C.CCC(O)COC[Si](C)(C)OC.CCCCc1ccccc1OCC(C)O.CCOC(=O)C(C)CSCC.CCOCC.CCOCC(C)O.CC[Si](C)(C)OC.CO[Si](C)(C)O[Si](C)(C)O[Si](C)(C)O[Si](C)(C)O[Si](C)(C)O[Si](C)(C)O[Si](C)(C)O[Si](C)(C)O[Si](C)(C)O[Si](C)(C)C. The fourth-order valence-electron chi connectivity index (χ4n) is 9.01. The molecule has 4 unspecified atom stereocenters. The Balaban J connectivity index is -0.0000000562. The van der Waals surface area contributed by atoms with E-state index in [9.17, 15) is 9.90 Å². The smallest absolute Gasteiger partial charge is 0.322 e. The van der Waals surface area contributed by atoms with Crippen molar-refractivity contribution in [3.05, 3.63) is 29.8 Å². The third-order valence-electron chi connectivity index (χ3n) is 12.6. The summed E-state index contributed by atoms with van der Waals surface area (Å²) in [5.74, 6) is 2.80. The van der Waals surface area contributed by atoms with E-state index in [0.29, 0.717) is 39.3 Å². The lowest BCUT2D eigenvalue weighted by Crippen LogP contribution is -2.62. The number of aliphatic hydroxyl groups excluding tert-OH is 3. The molecule has 0 bridgehead atoms. The molecule has 1 rings (SSSR count). The standard InChI is InChI=1S/C22H66O10Si10.C13H20O2.C8H20O3Si.C8H16O2S.C5H12O2.C5H14OSi.C4H10O.14CH4/c1-23-34(5,6)25-36(9,10)27-38(13,14)29-40(17,18)31-42(21,22)32-41(19,20)30-39(15,16)28-37(11,12)26-35(7,8)24-33(2,3)4;1-3-4-7-12-8-5-6-9-13(12)15-10-11(2)14;1-5-8(9)6-11-7-12(3,4)10-2;1-4-10-8(9)7(3)6-11-5-2;1-3-7-4-5(2)6;1-5-7(3,4)6-2;1-3-5-4-2;;;;;;;;;;;;;;/h1-22H3;5-6,8-9,11,14H,3-4,7,10H2,1-2H3;8-9H,5-7H2,1-4H3;7H,4-6H2,1-3H3;5-6H,3-4H2,1-2H3;5H2,1-4H3;3-4H2,1-2H3;14*1H4. The Bertz CT molecular complexity index is 2130. The van der Waals surface area contributed by atoms with Crippen molar-refractivity contribution in [3.8, 4) is 5.75 Å². The lowest BCUT2D eigenvalue weighted by atomic mass is 10.1. The number of thioether (sulfide) groups is 1. The number of hydrogen-bond donors (Lipinski definition) is 3. The van der Waals surface area contributed by atoms with Crippen LogP contribution in [0.15, 0.2) is 24.3 Å². The maximum Gasteiger partial charge on any atom is 0.322 e. The Hall–Kier alpha value is 0.723. The number of hydrogen-bond acceptors (Lipinski definition) is 22. The number of esters is 1. The van der Waals surface area contributed by atoms with Gasteiger partial charge in [0.25, 0.3) is 0 Å². The summed E-state index contributed by atoms with van der Waals surface area (Å²) in [5.41, 5.74) is 1.24. The molecule has 0 heterocycles. The van der Waals surface area contributed by atoms with E-state index in [2.05, 4.69) is 164 Å². The number of ether oxygens (including phenoxy) is 5. The number of rotatable bonds is 43. The van der Waals surface area contributed by atoms with Gasteiger partial charge in [0.2, 0.25) is 8.32 Å². The third-order valence-corrected chi connectivity index (χ3v) is 55.5. The van der Waals surface area contributed by atoms with Gasteiger partial charge >= 0.3 is 83.0 Å². The molecule has 21 nitrogen and oxygen atoms in total. The molecule has 113 heavy (non-hydrogen) atoms. The quantitative estimate of drug-likeness (QED) is 0.0407. The average Bonchev–Trinajstić information content (AvgIpc) is 0.807. The second kappa shape index (κ2) is 82.3. The van der Waals surface area contributed by atoms with Gasteiger partial charge in [-0.25, -0.2) is 0 Å². The lowest BCUT2D eigenvalue weighted by Gasteiger charge is -2.44. The maximum atomic E-state index is 11.0. The van der Waals surface area contributed by atoms with Gasteiger partial charge in [-0.15, -0.1) is 0 Å². The summed E-state index contributed by atoms with van der Waals surface area (Å²) < 4.78 is 101. The Morgan fingerprint density at radius 3 is 0.965 bits per heavy atom. The first-order valence-electron chi connectivity index (χ1n) is 35.9. The van der Waals surface area contributed by atoms with Gasteiger partial charge < -0.3 is 89.3 Å². The summed E-state index contributed by atoms with van der Waals surface area (Å²) in [5, 5.41) is 26.9. The van der Waals surface area contributed by atoms with Gasteiger partial charge in [-0.2, -0.15) is 11.8 Å². The minimum atomic E-state index is -2.65. The Kier molecular flexibility index (Phi) is 120. The van der Waals surface area contributed by atoms with Crippen molar-refractivity contribution in [2.75, 3.05) is 85.3 Å². The van der Waals surface area contributed by atoms with Crippen molar-refractivity contribution in [3.63, 3.8) is 0 Å². The number of aryl methyl sites for hydroxylation is 1. The first-order chi connectivity index (χ1) is 44.7. The predicted octanol–water partition coefficient (Wildman–Crippen LogP) is 26.0. The van der Waals surface area contributed by atoms with E-state index < -0.39 is 108 Å². The van der Waals surface area contributed by atoms with Crippen LogP contribution in [0, 0.1) is 5.92 Å². The first-order valence-corrected chi connectivity index (χ1v) is 72.0. The number of carbonyl (C=O) groups excluding carboxylic acids is 1. The van der Waals surface area contributed by atoms with Crippen molar-refractivity contribution >= 4 is 120 Å². The van der Waals surface area contributed by atoms with E-state index >= 15 is 0 Å². The summed E-state index contributed by atoms with van der Waals surface area (Å²) in [6, 6.07) is 9.26. The molecule has 710 valence electrons. The highest BCUT2D eigenvalue weighted by atomic mass is 32.2. The van der Waals surface area contributed by atoms with Gasteiger partial charge in [0.05, 0.1) is 50.3 Å². The van der Waals surface area contributed by atoms with E-state index in [1.807, 2.05) is 85.9 Å². The fraction of sp³-hybridized carbons (Fsp3) is 0.911. The van der Waals surface area contributed by atoms with Crippen LogP contribution in [0.4, 0.5) is 0 Å². The molecule has 0 aliphatic heterocycles. The van der Waals surface area contributed by atoms with Gasteiger partial charge in [0.15, 0.2) is 16.6 Å².